The lowest BCUT2D eigenvalue weighted by molar-refractivity contribution is -0.121. The molecule has 6 nitrogen and oxygen atoms in total. The summed E-state index contributed by atoms with van der Waals surface area (Å²) in [5, 5.41) is 4.08. The maximum Gasteiger partial charge on any atom is 0.255 e. The van der Waals surface area contributed by atoms with Crippen molar-refractivity contribution in [2.24, 2.45) is 5.10 Å². The molecule has 0 fully saturated rings. The maximum atomic E-state index is 13.0. The first-order valence-corrected chi connectivity index (χ1v) is 8.90. The lowest BCUT2D eigenvalue weighted by Crippen LogP contribution is -2.36. The Morgan fingerprint density at radius 3 is 2.60 bits per heavy atom. The standard InChI is InChI=1S/C16H15ClFN3O3S/c1-21(25(23,24)15-7-5-13(17)6-8-15)11-16(22)20-19-10-12-3-2-4-14(18)9-12/h2-10H,11H2,1H3,(H,20,22)/b19-10-. The fraction of sp³-hybridized carbons (Fsp3) is 0.125. The van der Waals surface area contributed by atoms with E-state index >= 15 is 0 Å². The Kier molecular flexibility index (Phi) is 6.24. The van der Waals surface area contributed by atoms with E-state index in [4.69, 9.17) is 11.6 Å². The van der Waals surface area contributed by atoms with E-state index in [9.17, 15) is 17.6 Å². The molecular formula is C16H15ClFN3O3S. The van der Waals surface area contributed by atoms with Crippen molar-refractivity contribution < 1.29 is 17.6 Å². The zero-order chi connectivity index (χ0) is 18.4. The monoisotopic (exact) mass is 383 g/mol. The topological polar surface area (TPSA) is 78.8 Å². The summed E-state index contributed by atoms with van der Waals surface area (Å²) in [6, 6.07) is 11.2. The summed E-state index contributed by atoms with van der Waals surface area (Å²) in [5.41, 5.74) is 2.66. The normalized spacial score (nSPS) is 11.8. The Hall–Kier alpha value is -2.29. The van der Waals surface area contributed by atoms with Crippen LogP contribution in [-0.2, 0) is 14.8 Å². The van der Waals surface area contributed by atoms with Gasteiger partial charge >= 0.3 is 0 Å². The van der Waals surface area contributed by atoms with Crippen molar-refractivity contribution in [3.63, 3.8) is 0 Å². The molecule has 0 aromatic heterocycles. The molecule has 2 aromatic rings. The first kappa shape index (κ1) is 19.0. The third-order valence-electron chi connectivity index (χ3n) is 3.14. The lowest BCUT2D eigenvalue weighted by atomic mass is 10.2. The molecule has 0 unspecified atom stereocenters. The van der Waals surface area contributed by atoms with Gasteiger partial charge in [-0.05, 0) is 42.0 Å². The van der Waals surface area contributed by atoms with Crippen molar-refractivity contribution >= 4 is 33.7 Å². The number of rotatable bonds is 6. The number of hydrogen-bond acceptors (Lipinski definition) is 4. The number of likely N-dealkylation sites (N-methyl/N-ethyl adjacent to an activating group) is 1. The smallest absolute Gasteiger partial charge is 0.255 e. The summed E-state index contributed by atoms with van der Waals surface area (Å²) in [7, 11) is -2.54. The minimum Gasteiger partial charge on any atom is -0.272 e. The van der Waals surface area contributed by atoms with Crippen molar-refractivity contribution in [1.82, 2.24) is 9.73 Å². The number of amides is 1. The SMILES string of the molecule is CN(CC(=O)N/N=C\c1cccc(F)c1)S(=O)(=O)c1ccc(Cl)cc1. The number of hydrazone groups is 1. The van der Waals surface area contributed by atoms with Crippen LogP contribution < -0.4 is 5.43 Å². The van der Waals surface area contributed by atoms with Crippen molar-refractivity contribution in [3.8, 4) is 0 Å². The molecule has 0 aliphatic rings. The molecule has 0 bridgehead atoms. The number of sulfonamides is 1. The third-order valence-corrected chi connectivity index (χ3v) is 5.21. The average Bonchev–Trinajstić information content (AvgIpc) is 2.55. The molecule has 0 radical (unpaired) electrons. The van der Waals surface area contributed by atoms with E-state index in [2.05, 4.69) is 10.5 Å². The zero-order valence-electron chi connectivity index (χ0n) is 13.2. The van der Waals surface area contributed by atoms with Crippen LogP contribution in [0.5, 0.6) is 0 Å². The molecular weight excluding hydrogens is 369 g/mol. The molecule has 0 heterocycles. The average molecular weight is 384 g/mol. The fourth-order valence-electron chi connectivity index (χ4n) is 1.87. The summed E-state index contributed by atoms with van der Waals surface area (Å²) >= 11 is 5.73. The number of carbonyl (C=O) groups is 1. The Morgan fingerprint density at radius 1 is 1.28 bits per heavy atom. The summed E-state index contributed by atoms with van der Waals surface area (Å²) in [6.45, 7) is -0.425. The Balaban J connectivity index is 1.96. The van der Waals surface area contributed by atoms with E-state index in [0.717, 1.165) is 4.31 Å². The van der Waals surface area contributed by atoms with E-state index in [1.165, 1.54) is 55.7 Å². The molecule has 0 atom stereocenters. The predicted octanol–water partition coefficient (Wildman–Crippen LogP) is 2.25. The molecule has 0 saturated heterocycles. The van der Waals surface area contributed by atoms with Crippen molar-refractivity contribution in [2.45, 2.75) is 4.90 Å². The number of carbonyl (C=O) groups excluding carboxylic acids is 1. The number of halogens is 2. The van der Waals surface area contributed by atoms with Gasteiger partial charge in [0.15, 0.2) is 0 Å². The summed E-state index contributed by atoms with van der Waals surface area (Å²) in [4.78, 5) is 11.8. The number of nitrogens with one attached hydrogen (secondary N) is 1. The highest BCUT2D eigenvalue weighted by Gasteiger charge is 2.22. The van der Waals surface area contributed by atoms with Gasteiger partial charge in [0, 0.05) is 12.1 Å². The number of benzene rings is 2. The van der Waals surface area contributed by atoms with E-state index in [1.54, 1.807) is 6.07 Å². The first-order valence-electron chi connectivity index (χ1n) is 7.08. The van der Waals surface area contributed by atoms with E-state index in [1.807, 2.05) is 0 Å². The van der Waals surface area contributed by atoms with E-state index < -0.39 is 28.3 Å². The van der Waals surface area contributed by atoms with Crippen LogP contribution in [0.3, 0.4) is 0 Å². The van der Waals surface area contributed by atoms with Gasteiger partial charge in [0.25, 0.3) is 5.91 Å². The van der Waals surface area contributed by atoms with Gasteiger partial charge in [0.1, 0.15) is 5.82 Å². The zero-order valence-corrected chi connectivity index (χ0v) is 14.8. The molecule has 0 spiro atoms. The second-order valence-corrected chi connectivity index (χ2v) is 7.54. The minimum atomic E-state index is -3.82. The summed E-state index contributed by atoms with van der Waals surface area (Å²) in [5.74, 6) is -1.06. The highest BCUT2D eigenvalue weighted by Crippen LogP contribution is 2.17. The van der Waals surface area contributed by atoms with Gasteiger partial charge in [-0.15, -0.1) is 0 Å². The molecule has 2 aromatic carbocycles. The van der Waals surface area contributed by atoms with Gasteiger partial charge in [0.2, 0.25) is 10.0 Å². The van der Waals surface area contributed by atoms with Crippen LogP contribution in [0.1, 0.15) is 5.56 Å². The summed E-state index contributed by atoms with van der Waals surface area (Å²) in [6.07, 6.45) is 1.26. The molecule has 0 aliphatic heterocycles. The largest absolute Gasteiger partial charge is 0.272 e. The van der Waals surface area contributed by atoms with Crippen LogP contribution in [0.2, 0.25) is 5.02 Å². The Labute approximate surface area is 150 Å². The molecule has 25 heavy (non-hydrogen) atoms. The molecule has 1 amide bonds. The fourth-order valence-corrected chi connectivity index (χ4v) is 3.13. The molecule has 0 aliphatic carbocycles. The highest BCUT2D eigenvalue weighted by atomic mass is 35.5. The quantitative estimate of drug-likeness (QED) is 0.613. The van der Waals surface area contributed by atoms with Crippen LogP contribution in [0.25, 0.3) is 0 Å². The maximum absolute atomic E-state index is 13.0. The van der Waals surface area contributed by atoms with E-state index in [0.29, 0.717) is 10.6 Å². The van der Waals surface area contributed by atoms with Crippen LogP contribution >= 0.6 is 11.6 Å². The van der Waals surface area contributed by atoms with Crippen LogP contribution in [-0.4, -0.2) is 38.4 Å². The second-order valence-electron chi connectivity index (χ2n) is 5.06. The van der Waals surface area contributed by atoms with Crippen molar-refractivity contribution in [3.05, 3.63) is 64.9 Å². The van der Waals surface area contributed by atoms with Crippen molar-refractivity contribution in [1.29, 1.82) is 0 Å². The Morgan fingerprint density at radius 2 is 1.96 bits per heavy atom. The molecule has 1 N–H and O–H groups in total. The first-order chi connectivity index (χ1) is 11.8. The van der Waals surface area contributed by atoms with Gasteiger partial charge in [-0.1, -0.05) is 23.7 Å². The predicted molar refractivity (Wildman–Crippen MR) is 93.4 cm³/mol. The van der Waals surface area contributed by atoms with Crippen LogP contribution in [0.15, 0.2) is 58.5 Å². The number of hydrogen-bond donors (Lipinski definition) is 1. The van der Waals surface area contributed by atoms with Gasteiger partial charge < -0.3 is 0 Å². The lowest BCUT2D eigenvalue weighted by Gasteiger charge is -2.16. The Bertz CT molecular complexity index is 886. The molecule has 132 valence electrons. The second kappa shape index (κ2) is 8.19. The number of nitrogens with zero attached hydrogens (tertiary/aromatic N) is 2. The molecule has 9 heteroatoms. The summed E-state index contributed by atoms with van der Waals surface area (Å²) < 4.78 is 38.6. The van der Waals surface area contributed by atoms with Gasteiger partial charge in [-0.25, -0.2) is 18.2 Å². The van der Waals surface area contributed by atoms with Crippen LogP contribution in [0, 0.1) is 5.82 Å². The van der Waals surface area contributed by atoms with Gasteiger partial charge in [0.05, 0.1) is 17.7 Å². The van der Waals surface area contributed by atoms with E-state index in [-0.39, 0.29) is 4.90 Å². The molecule has 2 rings (SSSR count). The van der Waals surface area contributed by atoms with Gasteiger partial charge in [-0.3, -0.25) is 4.79 Å². The van der Waals surface area contributed by atoms with Crippen LogP contribution in [0.4, 0.5) is 4.39 Å². The minimum absolute atomic E-state index is 0.0236. The third kappa shape index (κ3) is 5.35. The molecule has 0 saturated carbocycles. The van der Waals surface area contributed by atoms with Crippen molar-refractivity contribution in [2.75, 3.05) is 13.6 Å². The highest BCUT2D eigenvalue weighted by molar-refractivity contribution is 7.89. The van der Waals surface area contributed by atoms with Gasteiger partial charge in [-0.2, -0.15) is 9.41 Å².